The molecule has 6 nitrogen and oxygen atoms in total. The highest BCUT2D eigenvalue weighted by Gasteiger charge is 2.27. The van der Waals surface area contributed by atoms with Gasteiger partial charge in [0.15, 0.2) is 0 Å². The van der Waals surface area contributed by atoms with Crippen LogP contribution in [0, 0.1) is 0 Å². The molecule has 0 radical (unpaired) electrons. The zero-order valence-electron chi connectivity index (χ0n) is 13.7. The number of benzene rings is 1. The SMILES string of the molecule is CCN1C(=O)CCc2cc(S(=O)(=O)N(C)Cc3ccco3)ccc21. The summed E-state index contributed by atoms with van der Waals surface area (Å²) in [5, 5.41) is 0. The van der Waals surface area contributed by atoms with Crippen LogP contribution in [0.3, 0.4) is 0 Å². The van der Waals surface area contributed by atoms with Crippen LogP contribution in [0.25, 0.3) is 0 Å². The van der Waals surface area contributed by atoms with Crippen LogP contribution >= 0.6 is 0 Å². The number of carbonyl (C=O) groups is 1. The quantitative estimate of drug-likeness (QED) is 0.832. The first-order chi connectivity index (χ1) is 11.4. The molecular weight excluding hydrogens is 328 g/mol. The molecular formula is C17H20N2O4S. The largest absolute Gasteiger partial charge is 0.468 e. The lowest BCUT2D eigenvalue weighted by Crippen LogP contribution is -2.35. The highest BCUT2D eigenvalue weighted by atomic mass is 32.2. The third kappa shape index (κ3) is 2.97. The molecule has 1 amide bonds. The van der Waals surface area contributed by atoms with E-state index in [1.807, 2.05) is 6.92 Å². The Morgan fingerprint density at radius 1 is 1.25 bits per heavy atom. The van der Waals surface area contributed by atoms with E-state index in [1.54, 1.807) is 35.2 Å². The minimum absolute atomic E-state index is 0.0792. The second kappa shape index (κ2) is 6.41. The van der Waals surface area contributed by atoms with E-state index in [2.05, 4.69) is 0 Å². The molecule has 1 aromatic carbocycles. The lowest BCUT2D eigenvalue weighted by atomic mass is 10.0. The van der Waals surface area contributed by atoms with Crippen molar-refractivity contribution in [3.8, 4) is 0 Å². The molecule has 0 spiro atoms. The zero-order chi connectivity index (χ0) is 17.3. The number of anilines is 1. The maximum Gasteiger partial charge on any atom is 0.243 e. The van der Waals surface area contributed by atoms with Crippen LogP contribution in [0.1, 0.15) is 24.7 Å². The molecule has 2 aromatic rings. The van der Waals surface area contributed by atoms with Crippen molar-refractivity contribution in [2.45, 2.75) is 31.2 Å². The summed E-state index contributed by atoms with van der Waals surface area (Å²) in [6.45, 7) is 2.66. The van der Waals surface area contributed by atoms with Gasteiger partial charge in [-0.15, -0.1) is 0 Å². The van der Waals surface area contributed by atoms with Crippen LogP contribution in [0.5, 0.6) is 0 Å². The summed E-state index contributed by atoms with van der Waals surface area (Å²) in [5.74, 6) is 0.664. The molecule has 128 valence electrons. The Kier molecular flexibility index (Phi) is 4.47. The molecule has 0 fully saturated rings. The molecule has 1 aromatic heterocycles. The first kappa shape index (κ1) is 16.7. The summed E-state index contributed by atoms with van der Waals surface area (Å²) in [6, 6.07) is 8.44. The van der Waals surface area contributed by atoms with Gasteiger partial charge in [0.05, 0.1) is 17.7 Å². The predicted molar refractivity (Wildman–Crippen MR) is 90.2 cm³/mol. The number of amides is 1. The van der Waals surface area contributed by atoms with Gasteiger partial charge in [0.25, 0.3) is 0 Å². The van der Waals surface area contributed by atoms with E-state index in [4.69, 9.17) is 4.42 Å². The van der Waals surface area contributed by atoms with Gasteiger partial charge in [0, 0.05) is 25.7 Å². The van der Waals surface area contributed by atoms with Crippen LogP contribution in [0.2, 0.25) is 0 Å². The van der Waals surface area contributed by atoms with Gasteiger partial charge in [-0.1, -0.05) is 0 Å². The summed E-state index contributed by atoms with van der Waals surface area (Å²) < 4.78 is 32.0. The highest BCUT2D eigenvalue weighted by molar-refractivity contribution is 7.89. The van der Waals surface area contributed by atoms with Crippen molar-refractivity contribution in [3.63, 3.8) is 0 Å². The average Bonchev–Trinajstić information content (AvgIpc) is 3.07. The average molecular weight is 348 g/mol. The molecule has 1 aliphatic rings. The fraction of sp³-hybridized carbons (Fsp3) is 0.353. The van der Waals surface area contributed by atoms with Gasteiger partial charge < -0.3 is 9.32 Å². The molecule has 0 atom stereocenters. The molecule has 0 aliphatic carbocycles. The molecule has 1 aliphatic heterocycles. The normalized spacial score (nSPS) is 15.0. The topological polar surface area (TPSA) is 70.8 Å². The van der Waals surface area contributed by atoms with Crippen molar-refractivity contribution in [1.82, 2.24) is 4.31 Å². The summed E-state index contributed by atoms with van der Waals surface area (Å²) in [6.07, 6.45) is 2.49. The van der Waals surface area contributed by atoms with E-state index in [9.17, 15) is 13.2 Å². The van der Waals surface area contributed by atoms with Crippen LogP contribution in [-0.4, -0.2) is 32.2 Å². The van der Waals surface area contributed by atoms with Gasteiger partial charge in [-0.2, -0.15) is 4.31 Å². The van der Waals surface area contributed by atoms with Crippen LogP contribution in [0.4, 0.5) is 5.69 Å². The van der Waals surface area contributed by atoms with Gasteiger partial charge in [0.1, 0.15) is 5.76 Å². The predicted octanol–water partition coefficient (Wildman–Crippen LogP) is 2.40. The minimum Gasteiger partial charge on any atom is -0.468 e. The van der Waals surface area contributed by atoms with Crippen molar-refractivity contribution in [3.05, 3.63) is 47.9 Å². The van der Waals surface area contributed by atoms with Crippen LogP contribution in [-0.2, 0) is 27.8 Å². The summed E-state index contributed by atoms with van der Waals surface area (Å²) in [5.41, 5.74) is 1.70. The highest BCUT2D eigenvalue weighted by Crippen LogP contribution is 2.30. The fourth-order valence-corrected chi connectivity index (χ4v) is 4.12. The zero-order valence-corrected chi connectivity index (χ0v) is 14.5. The Morgan fingerprint density at radius 3 is 2.71 bits per heavy atom. The molecule has 0 bridgehead atoms. The molecule has 0 saturated carbocycles. The third-order valence-corrected chi connectivity index (χ3v) is 6.03. The maximum atomic E-state index is 12.8. The summed E-state index contributed by atoms with van der Waals surface area (Å²) >= 11 is 0. The first-order valence-corrected chi connectivity index (χ1v) is 9.29. The monoisotopic (exact) mass is 348 g/mol. The van der Waals surface area contributed by atoms with E-state index in [0.717, 1.165) is 11.3 Å². The molecule has 2 heterocycles. The second-order valence-corrected chi connectivity index (χ2v) is 7.81. The van der Waals surface area contributed by atoms with Crippen molar-refractivity contribution in [1.29, 1.82) is 0 Å². The molecule has 7 heteroatoms. The minimum atomic E-state index is -3.62. The number of aryl methyl sites for hydroxylation is 1. The smallest absolute Gasteiger partial charge is 0.243 e. The van der Waals surface area contributed by atoms with Gasteiger partial charge in [-0.05, 0) is 49.2 Å². The van der Waals surface area contributed by atoms with E-state index >= 15 is 0 Å². The molecule has 0 unspecified atom stereocenters. The number of rotatable bonds is 5. The Balaban J connectivity index is 1.90. The van der Waals surface area contributed by atoms with Crippen molar-refractivity contribution in [2.24, 2.45) is 0 Å². The number of hydrogen-bond acceptors (Lipinski definition) is 4. The van der Waals surface area contributed by atoms with Crippen LogP contribution in [0.15, 0.2) is 45.9 Å². The third-order valence-electron chi connectivity index (χ3n) is 4.23. The fourth-order valence-electron chi connectivity index (χ4n) is 2.93. The van der Waals surface area contributed by atoms with Crippen molar-refractivity contribution < 1.29 is 17.6 Å². The Morgan fingerprint density at radius 2 is 2.04 bits per heavy atom. The van der Waals surface area contributed by atoms with Crippen LogP contribution < -0.4 is 4.90 Å². The second-order valence-electron chi connectivity index (χ2n) is 5.77. The van der Waals surface area contributed by atoms with Gasteiger partial charge in [0.2, 0.25) is 15.9 Å². The van der Waals surface area contributed by atoms with E-state index in [1.165, 1.54) is 17.6 Å². The lowest BCUT2D eigenvalue weighted by Gasteiger charge is -2.29. The molecule has 0 N–H and O–H groups in total. The van der Waals surface area contributed by atoms with E-state index < -0.39 is 10.0 Å². The van der Waals surface area contributed by atoms with Crippen molar-refractivity contribution in [2.75, 3.05) is 18.5 Å². The molecule has 24 heavy (non-hydrogen) atoms. The molecule has 3 rings (SSSR count). The lowest BCUT2D eigenvalue weighted by molar-refractivity contribution is -0.118. The number of hydrogen-bond donors (Lipinski definition) is 0. The van der Waals surface area contributed by atoms with Crippen molar-refractivity contribution >= 4 is 21.6 Å². The number of nitrogens with zero attached hydrogens (tertiary/aromatic N) is 2. The summed E-state index contributed by atoms with van der Waals surface area (Å²) in [4.78, 5) is 13.9. The van der Waals surface area contributed by atoms with Gasteiger partial charge >= 0.3 is 0 Å². The first-order valence-electron chi connectivity index (χ1n) is 7.85. The number of carbonyl (C=O) groups excluding carboxylic acids is 1. The Labute approximate surface area is 141 Å². The Bertz CT molecular complexity index is 843. The summed E-state index contributed by atoms with van der Waals surface area (Å²) in [7, 11) is -2.09. The Hall–Kier alpha value is -2.12. The van der Waals surface area contributed by atoms with E-state index in [0.29, 0.717) is 25.1 Å². The van der Waals surface area contributed by atoms with Gasteiger partial charge in [-0.25, -0.2) is 8.42 Å². The maximum absolute atomic E-state index is 12.8. The number of furan rings is 1. The number of fused-ring (bicyclic) bond motifs is 1. The standard InChI is InChI=1S/C17H20N2O4S/c1-3-19-16-8-7-15(11-13(16)6-9-17(19)20)24(21,22)18(2)12-14-5-4-10-23-14/h4-5,7-8,10-11H,3,6,9,12H2,1-2H3. The van der Waals surface area contributed by atoms with Gasteiger partial charge in [-0.3, -0.25) is 4.79 Å². The number of sulfonamides is 1. The molecule has 0 saturated heterocycles. The van der Waals surface area contributed by atoms with E-state index in [-0.39, 0.29) is 17.3 Å².